The van der Waals surface area contributed by atoms with Crippen LogP contribution < -0.4 is 20.4 Å². The number of fused-ring (bicyclic) bond motifs is 8. The van der Waals surface area contributed by atoms with Gasteiger partial charge in [0.15, 0.2) is 0 Å². The molecule has 1 aliphatic carbocycles. The van der Waals surface area contributed by atoms with E-state index in [0.29, 0.717) is 12.0 Å². The number of hydrogen-bond acceptors (Lipinski definition) is 9. The van der Waals surface area contributed by atoms with Crippen molar-refractivity contribution in [2.75, 3.05) is 54.4 Å². The van der Waals surface area contributed by atoms with Gasteiger partial charge in [-0.3, -0.25) is 19.5 Å². The second-order valence-electron chi connectivity index (χ2n) is 18.0. The third kappa shape index (κ3) is 7.43. The topological polar surface area (TPSA) is 95.2 Å². The van der Waals surface area contributed by atoms with Crippen LogP contribution in [0.1, 0.15) is 79.1 Å². The molecule has 4 fully saturated rings. The Balaban J connectivity index is 0.813. The molecule has 11 heteroatoms. The summed E-state index contributed by atoms with van der Waals surface area (Å²) >= 11 is 0. The lowest BCUT2D eigenvalue weighted by atomic mass is 9.90. The van der Waals surface area contributed by atoms with Gasteiger partial charge in [-0.05, 0) is 119 Å². The number of imidazole rings is 1. The molecular weight excluding hydrogens is 731 g/mol. The van der Waals surface area contributed by atoms with Crippen molar-refractivity contribution in [2.24, 2.45) is 18.9 Å². The Morgan fingerprint density at radius 2 is 1.63 bits per heavy atom. The van der Waals surface area contributed by atoms with Gasteiger partial charge in [0.25, 0.3) is 0 Å². The van der Waals surface area contributed by atoms with E-state index < -0.39 is 0 Å². The third-order valence-electron chi connectivity index (χ3n) is 14.1. The first-order valence-corrected chi connectivity index (χ1v) is 22.0. The highest BCUT2D eigenvalue weighted by Gasteiger charge is 2.38. The maximum atomic E-state index is 5.19. The minimum atomic E-state index is 0.250. The molecule has 0 spiro atoms. The molecule has 2 unspecified atom stereocenters. The van der Waals surface area contributed by atoms with Gasteiger partial charge in [-0.2, -0.15) is 5.10 Å². The largest absolute Gasteiger partial charge is 0.370 e. The maximum Gasteiger partial charge on any atom is 0.208 e. The zero-order valence-corrected chi connectivity index (χ0v) is 35.2. The van der Waals surface area contributed by atoms with Crippen LogP contribution in [0.15, 0.2) is 79.9 Å². The molecule has 306 valence electrons. The summed E-state index contributed by atoms with van der Waals surface area (Å²) in [5, 5.41) is 11.7. The van der Waals surface area contributed by atoms with Gasteiger partial charge in [0.2, 0.25) is 5.95 Å². The first-order chi connectivity index (χ1) is 28.6. The van der Waals surface area contributed by atoms with Crippen LogP contribution in [0, 0.1) is 25.7 Å². The summed E-state index contributed by atoms with van der Waals surface area (Å²) in [7, 11) is 2.05. The molecule has 2 N–H and O–H groups in total. The smallest absolute Gasteiger partial charge is 0.208 e. The number of piperazine rings is 1. The fourth-order valence-electron chi connectivity index (χ4n) is 10.5. The number of nitrogens with one attached hydrogen (secondary N) is 2. The van der Waals surface area contributed by atoms with Crippen molar-refractivity contribution in [3.63, 3.8) is 0 Å². The fourth-order valence-corrected chi connectivity index (χ4v) is 10.5. The quantitative estimate of drug-likeness (QED) is 0.187. The predicted octanol–water partition coefficient (Wildman–Crippen LogP) is 8.18. The van der Waals surface area contributed by atoms with Gasteiger partial charge in [0.05, 0.1) is 34.8 Å². The lowest BCUT2D eigenvalue weighted by Crippen LogP contribution is -2.53. The van der Waals surface area contributed by atoms with Gasteiger partial charge in [-0.1, -0.05) is 19.7 Å². The summed E-state index contributed by atoms with van der Waals surface area (Å²) in [6, 6.07) is 14.1. The van der Waals surface area contributed by atoms with E-state index in [-0.39, 0.29) is 5.92 Å². The highest BCUT2D eigenvalue weighted by Crippen LogP contribution is 2.45. The molecule has 10 rings (SSSR count). The van der Waals surface area contributed by atoms with Crippen LogP contribution in [0.4, 0.5) is 17.3 Å². The second-order valence-corrected chi connectivity index (χ2v) is 18.0. The SMILES string of the molecule is C=C1CCC(c2cc(C)c(N3CCC(N4CCN(c5ccc6nc7n(c6c5)C[C@@H]5CC5CCCc5c(cnn5C)-c5cc(cc(C)n5)C(=C)N7)CC4)CC3)cn2)C(=C)N1. The number of aromatic nitrogens is 6. The minimum absolute atomic E-state index is 0.250. The van der Waals surface area contributed by atoms with Crippen LogP contribution in [0.2, 0.25) is 0 Å². The first-order valence-electron chi connectivity index (χ1n) is 22.0. The summed E-state index contributed by atoms with van der Waals surface area (Å²) < 4.78 is 4.47. The van der Waals surface area contributed by atoms with Crippen molar-refractivity contribution in [1.82, 2.24) is 39.5 Å². The van der Waals surface area contributed by atoms with Crippen molar-refractivity contribution >= 4 is 34.1 Å². The number of anilines is 3. The highest BCUT2D eigenvalue weighted by atomic mass is 15.3. The number of nitrogens with zero attached hydrogens (tertiary/aromatic N) is 9. The number of allylic oxidation sites excluding steroid dienone is 2. The number of pyridine rings is 2. The lowest BCUT2D eigenvalue weighted by Gasteiger charge is -2.44. The Kier molecular flexibility index (Phi) is 9.82. The van der Waals surface area contributed by atoms with Crippen LogP contribution >= 0.6 is 0 Å². The van der Waals surface area contributed by atoms with E-state index >= 15 is 0 Å². The van der Waals surface area contributed by atoms with Crippen molar-refractivity contribution in [1.29, 1.82) is 0 Å². The molecule has 8 heterocycles. The van der Waals surface area contributed by atoms with E-state index in [4.69, 9.17) is 15.0 Å². The number of hydrogen-bond donors (Lipinski definition) is 2. The lowest BCUT2D eigenvalue weighted by molar-refractivity contribution is 0.160. The van der Waals surface area contributed by atoms with Crippen molar-refractivity contribution in [3.8, 4) is 11.3 Å². The Bertz CT molecular complexity index is 2440. The summed E-state index contributed by atoms with van der Waals surface area (Å²) in [5.41, 5.74) is 15.5. The monoisotopic (exact) mass is 789 g/mol. The van der Waals surface area contributed by atoms with Crippen LogP contribution in [-0.4, -0.2) is 79.5 Å². The fraction of sp³-hybridized carbons (Fsp3) is 0.458. The van der Waals surface area contributed by atoms with Crippen LogP contribution in [-0.2, 0) is 20.0 Å². The van der Waals surface area contributed by atoms with E-state index in [1.54, 1.807) is 0 Å². The van der Waals surface area contributed by atoms with E-state index in [9.17, 15) is 0 Å². The Morgan fingerprint density at radius 1 is 0.797 bits per heavy atom. The van der Waals surface area contributed by atoms with Crippen LogP contribution in [0.5, 0.6) is 0 Å². The first kappa shape index (κ1) is 37.8. The summed E-state index contributed by atoms with van der Waals surface area (Å²) in [6.45, 7) is 24.5. The molecule has 11 nitrogen and oxygen atoms in total. The molecule has 4 aromatic heterocycles. The summed E-state index contributed by atoms with van der Waals surface area (Å²) in [5.74, 6) is 2.52. The average Bonchev–Trinajstić information content (AvgIpc) is 3.74. The van der Waals surface area contributed by atoms with Gasteiger partial charge in [0.1, 0.15) is 0 Å². The van der Waals surface area contributed by atoms with Crippen molar-refractivity contribution in [3.05, 3.63) is 108 Å². The second kappa shape index (κ2) is 15.3. The molecule has 0 radical (unpaired) electrons. The van der Waals surface area contributed by atoms with Crippen molar-refractivity contribution in [2.45, 2.75) is 83.7 Å². The van der Waals surface area contributed by atoms with E-state index in [2.05, 4.69) is 118 Å². The molecule has 3 atom stereocenters. The molecule has 0 amide bonds. The van der Waals surface area contributed by atoms with Crippen molar-refractivity contribution < 1.29 is 0 Å². The Morgan fingerprint density at radius 3 is 2.42 bits per heavy atom. The Hall–Kier alpha value is -5.42. The zero-order valence-electron chi connectivity index (χ0n) is 35.2. The molecule has 59 heavy (non-hydrogen) atoms. The maximum absolute atomic E-state index is 5.19. The van der Waals surface area contributed by atoms with Crippen LogP contribution in [0.25, 0.3) is 28.0 Å². The molecule has 3 saturated heterocycles. The third-order valence-corrected chi connectivity index (χ3v) is 14.1. The molecule has 5 aromatic rings. The number of rotatable bonds is 4. The summed E-state index contributed by atoms with van der Waals surface area (Å²) in [4.78, 5) is 23.0. The number of benzene rings is 1. The molecule has 5 aliphatic rings. The zero-order chi connectivity index (χ0) is 40.4. The van der Waals surface area contributed by atoms with Gasteiger partial charge >= 0.3 is 0 Å². The number of piperidine rings is 2. The molecular formula is C48H59N11. The van der Waals surface area contributed by atoms with E-state index in [0.717, 1.165) is 134 Å². The predicted molar refractivity (Wildman–Crippen MR) is 239 cm³/mol. The van der Waals surface area contributed by atoms with Crippen LogP contribution in [0.3, 0.4) is 0 Å². The van der Waals surface area contributed by atoms with Gasteiger partial charge in [0, 0.05) is 116 Å². The van der Waals surface area contributed by atoms with E-state index in [1.165, 1.54) is 53.8 Å². The molecule has 2 bridgehead atoms. The van der Waals surface area contributed by atoms with Gasteiger partial charge in [-0.25, -0.2) is 4.98 Å². The van der Waals surface area contributed by atoms with Gasteiger partial charge < -0.3 is 25.0 Å². The molecule has 4 aliphatic heterocycles. The number of aryl methyl sites for hydroxylation is 3. The average molecular weight is 790 g/mol. The summed E-state index contributed by atoms with van der Waals surface area (Å²) in [6.07, 6.45) is 13.1. The van der Waals surface area contributed by atoms with Gasteiger partial charge in [-0.15, -0.1) is 0 Å². The minimum Gasteiger partial charge on any atom is -0.370 e. The Labute approximate surface area is 348 Å². The normalized spacial score (nSPS) is 23.2. The standard InChI is InChI=1S/C48H59N11/c1-30-22-43(40-12-10-31(2)51-34(40)5)49-28-47(30)58-16-14-38(15-17-58)56-18-20-57(21-19-56)39-11-13-42-46(26-39)59-29-37-24-35(37)8-7-9-45-41(27-50-55(45)6)44-25-36(23-32(3)52-44)33(4)53-48(59)54-42/h11,13,22-23,25-28,35,37-38,40,51H,2,4-5,7-10,12,14-21,24,29H2,1,3,6H3,(H,53,54)/t35?,37-,40?/m0/s1. The highest BCUT2D eigenvalue weighted by molar-refractivity contribution is 5.85. The molecule has 1 saturated carbocycles. The molecule has 1 aromatic carbocycles. The van der Waals surface area contributed by atoms with E-state index in [1.807, 2.05) is 10.9 Å².